The van der Waals surface area contributed by atoms with E-state index in [1.54, 1.807) is 0 Å². The van der Waals surface area contributed by atoms with E-state index in [0.29, 0.717) is 5.92 Å². The molecule has 0 spiro atoms. The zero-order chi connectivity index (χ0) is 11.3. The lowest BCUT2D eigenvalue weighted by Crippen LogP contribution is -2.48. The van der Waals surface area contributed by atoms with Crippen LogP contribution in [-0.4, -0.2) is 35.0 Å². The van der Waals surface area contributed by atoms with Gasteiger partial charge in [0.05, 0.1) is 12.7 Å². The van der Waals surface area contributed by atoms with Gasteiger partial charge in [0.25, 0.3) is 0 Å². The van der Waals surface area contributed by atoms with Crippen molar-refractivity contribution in [2.75, 3.05) is 6.61 Å². The van der Waals surface area contributed by atoms with Crippen molar-refractivity contribution in [3.63, 3.8) is 0 Å². The van der Waals surface area contributed by atoms with Gasteiger partial charge in [-0.3, -0.25) is 0 Å². The predicted molar refractivity (Wildman–Crippen MR) is 61.7 cm³/mol. The molecule has 3 heteroatoms. The standard InChI is InChI=1S/C12H25NO2/c1-9(2)11(8-14)13-10-6-4-3-5-7-12(10)15/h9-15H,3-8H2,1-2H3/t10?,11-,12?/m1/s1. The summed E-state index contributed by atoms with van der Waals surface area (Å²) in [5.74, 6) is 0.408. The van der Waals surface area contributed by atoms with Crippen molar-refractivity contribution < 1.29 is 10.2 Å². The third-order valence-electron chi connectivity index (χ3n) is 3.41. The molecule has 1 aliphatic rings. The maximum atomic E-state index is 9.93. The predicted octanol–water partition coefficient (Wildman–Crippen LogP) is 1.29. The van der Waals surface area contributed by atoms with Crippen LogP contribution in [0.2, 0.25) is 0 Å². The molecule has 0 aromatic heterocycles. The van der Waals surface area contributed by atoms with E-state index in [1.807, 2.05) is 0 Å². The molecule has 90 valence electrons. The molecule has 15 heavy (non-hydrogen) atoms. The number of nitrogens with one attached hydrogen (secondary N) is 1. The van der Waals surface area contributed by atoms with Crippen LogP contribution < -0.4 is 5.32 Å². The van der Waals surface area contributed by atoms with Gasteiger partial charge >= 0.3 is 0 Å². The maximum Gasteiger partial charge on any atom is 0.0693 e. The lowest BCUT2D eigenvalue weighted by Gasteiger charge is -2.29. The van der Waals surface area contributed by atoms with E-state index < -0.39 is 0 Å². The third kappa shape index (κ3) is 4.09. The highest BCUT2D eigenvalue weighted by Crippen LogP contribution is 2.19. The van der Waals surface area contributed by atoms with Crippen molar-refractivity contribution in [3.8, 4) is 0 Å². The van der Waals surface area contributed by atoms with Crippen LogP contribution in [0.15, 0.2) is 0 Å². The largest absolute Gasteiger partial charge is 0.395 e. The smallest absolute Gasteiger partial charge is 0.0693 e. The van der Waals surface area contributed by atoms with E-state index in [0.717, 1.165) is 19.3 Å². The molecule has 2 unspecified atom stereocenters. The molecule has 1 aliphatic carbocycles. The minimum absolute atomic E-state index is 0.114. The summed E-state index contributed by atoms with van der Waals surface area (Å²) in [5, 5.41) is 22.6. The Hall–Kier alpha value is -0.120. The van der Waals surface area contributed by atoms with Gasteiger partial charge < -0.3 is 15.5 Å². The molecule has 1 rings (SSSR count). The first kappa shape index (κ1) is 12.9. The second-order valence-electron chi connectivity index (χ2n) is 5.01. The Labute approximate surface area is 92.9 Å². The van der Waals surface area contributed by atoms with E-state index in [9.17, 15) is 10.2 Å². The highest BCUT2D eigenvalue weighted by molar-refractivity contribution is 4.83. The average molecular weight is 215 g/mol. The Balaban J connectivity index is 2.45. The summed E-state index contributed by atoms with van der Waals surface area (Å²) < 4.78 is 0. The summed E-state index contributed by atoms with van der Waals surface area (Å²) in [7, 11) is 0. The summed E-state index contributed by atoms with van der Waals surface area (Å²) >= 11 is 0. The summed E-state index contributed by atoms with van der Waals surface area (Å²) in [5.41, 5.74) is 0. The van der Waals surface area contributed by atoms with Gasteiger partial charge in [-0.15, -0.1) is 0 Å². The molecule has 0 bridgehead atoms. The molecule has 0 saturated heterocycles. The monoisotopic (exact) mass is 215 g/mol. The van der Waals surface area contributed by atoms with Crippen LogP contribution in [-0.2, 0) is 0 Å². The topological polar surface area (TPSA) is 52.5 Å². The number of rotatable bonds is 4. The van der Waals surface area contributed by atoms with Crippen LogP contribution in [0.25, 0.3) is 0 Å². The highest BCUT2D eigenvalue weighted by atomic mass is 16.3. The first-order valence-electron chi connectivity index (χ1n) is 6.20. The van der Waals surface area contributed by atoms with Crippen molar-refractivity contribution >= 4 is 0 Å². The van der Waals surface area contributed by atoms with Gasteiger partial charge in [0.1, 0.15) is 0 Å². The van der Waals surface area contributed by atoms with E-state index in [1.165, 1.54) is 12.8 Å². The first-order valence-corrected chi connectivity index (χ1v) is 6.20. The van der Waals surface area contributed by atoms with Gasteiger partial charge in [-0.25, -0.2) is 0 Å². The fourth-order valence-corrected chi connectivity index (χ4v) is 2.21. The molecule has 0 aromatic carbocycles. The van der Waals surface area contributed by atoms with Crippen molar-refractivity contribution in [2.45, 2.75) is 64.1 Å². The first-order chi connectivity index (χ1) is 7.15. The maximum absolute atomic E-state index is 9.93. The Morgan fingerprint density at radius 1 is 1.20 bits per heavy atom. The van der Waals surface area contributed by atoms with Crippen molar-refractivity contribution in [1.29, 1.82) is 0 Å². The van der Waals surface area contributed by atoms with Gasteiger partial charge in [0.15, 0.2) is 0 Å². The Morgan fingerprint density at radius 3 is 2.47 bits per heavy atom. The van der Waals surface area contributed by atoms with E-state index in [-0.39, 0.29) is 24.8 Å². The molecule has 3 N–H and O–H groups in total. The van der Waals surface area contributed by atoms with E-state index in [2.05, 4.69) is 19.2 Å². The van der Waals surface area contributed by atoms with Crippen molar-refractivity contribution in [1.82, 2.24) is 5.32 Å². The third-order valence-corrected chi connectivity index (χ3v) is 3.41. The minimum atomic E-state index is -0.236. The summed E-state index contributed by atoms with van der Waals surface area (Å²) in [4.78, 5) is 0. The number of aliphatic hydroxyl groups is 2. The minimum Gasteiger partial charge on any atom is -0.395 e. The molecular weight excluding hydrogens is 190 g/mol. The second-order valence-corrected chi connectivity index (χ2v) is 5.01. The average Bonchev–Trinajstić information content (AvgIpc) is 2.39. The normalized spacial score (nSPS) is 30.2. The van der Waals surface area contributed by atoms with Crippen LogP contribution in [0.1, 0.15) is 46.0 Å². The lowest BCUT2D eigenvalue weighted by atomic mass is 10.00. The highest BCUT2D eigenvalue weighted by Gasteiger charge is 2.24. The van der Waals surface area contributed by atoms with Crippen LogP contribution in [0.3, 0.4) is 0 Å². The molecule has 0 aromatic rings. The molecular formula is C12H25NO2. The van der Waals surface area contributed by atoms with Gasteiger partial charge in [-0.2, -0.15) is 0 Å². The van der Waals surface area contributed by atoms with Gasteiger partial charge in [-0.1, -0.05) is 33.1 Å². The molecule has 0 radical (unpaired) electrons. The fraction of sp³-hybridized carbons (Fsp3) is 1.00. The van der Waals surface area contributed by atoms with Crippen LogP contribution in [0.4, 0.5) is 0 Å². The fourth-order valence-electron chi connectivity index (χ4n) is 2.21. The Kier molecular flexibility index (Phi) is 5.58. The number of aliphatic hydroxyl groups excluding tert-OH is 2. The number of hydrogen-bond donors (Lipinski definition) is 3. The Morgan fingerprint density at radius 2 is 1.87 bits per heavy atom. The molecule has 0 aliphatic heterocycles. The summed E-state index contributed by atoms with van der Waals surface area (Å²) in [6, 6.07) is 0.287. The Bertz CT molecular complexity index is 173. The van der Waals surface area contributed by atoms with Crippen molar-refractivity contribution in [2.24, 2.45) is 5.92 Å². The molecule has 3 nitrogen and oxygen atoms in total. The molecule has 0 amide bonds. The van der Waals surface area contributed by atoms with E-state index in [4.69, 9.17) is 0 Å². The SMILES string of the molecule is CC(C)[C@@H](CO)NC1CCCCCC1O. The van der Waals surface area contributed by atoms with Crippen molar-refractivity contribution in [3.05, 3.63) is 0 Å². The van der Waals surface area contributed by atoms with E-state index >= 15 is 0 Å². The number of hydrogen-bond acceptors (Lipinski definition) is 3. The van der Waals surface area contributed by atoms with Crippen LogP contribution in [0.5, 0.6) is 0 Å². The molecule has 0 heterocycles. The summed E-state index contributed by atoms with van der Waals surface area (Å²) in [6.07, 6.45) is 5.23. The zero-order valence-corrected chi connectivity index (χ0v) is 9.95. The van der Waals surface area contributed by atoms with Gasteiger partial charge in [-0.05, 0) is 18.8 Å². The molecule has 3 atom stereocenters. The zero-order valence-electron chi connectivity index (χ0n) is 9.95. The van der Waals surface area contributed by atoms with Crippen LogP contribution in [0, 0.1) is 5.92 Å². The lowest BCUT2D eigenvalue weighted by molar-refractivity contribution is 0.0975. The quantitative estimate of drug-likeness (QED) is 0.619. The molecule has 1 saturated carbocycles. The molecule has 1 fully saturated rings. The van der Waals surface area contributed by atoms with Gasteiger partial charge in [0.2, 0.25) is 0 Å². The van der Waals surface area contributed by atoms with Crippen LogP contribution >= 0.6 is 0 Å². The second kappa shape index (κ2) is 6.46. The van der Waals surface area contributed by atoms with Gasteiger partial charge in [0, 0.05) is 12.1 Å². The summed E-state index contributed by atoms with van der Waals surface area (Å²) in [6.45, 7) is 4.34.